The zero-order chi connectivity index (χ0) is 12.3. The Morgan fingerprint density at radius 2 is 2.24 bits per heavy atom. The summed E-state index contributed by atoms with van der Waals surface area (Å²) in [5.74, 6) is -0.308. The molecule has 0 saturated heterocycles. The van der Waals surface area contributed by atoms with E-state index in [0.717, 1.165) is 19.1 Å². The van der Waals surface area contributed by atoms with E-state index < -0.39 is 0 Å². The number of benzene rings is 1. The highest BCUT2D eigenvalue weighted by Crippen LogP contribution is 2.24. The van der Waals surface area contributed by atoms with E-state index in [1.165, 1.54) is 12.8 Å². The molecule has 0 bridgehead atoms. The van der Waals surface area contributed by atoms with Crippen molar-refractivity contribution in [1.82, 2.24) is 10.2 Å². The molecular formula is C13H18ClFN2. The highest BCUT2D eigenvalue weighted by molar-refractivity contribution is 6.30. The summed E-state index contributed by atoms with van der Waals surface area (Å²) in [6.45, 7) is 2.41. The van der Waals surface area contributed by atoms with Gasteiger partial charge in [-0.05, 0) is 26.0 Å². The van der Waals surface area contributed by atoms with Gasteiger partial charge in [0.2, 0.25) is 0 Å². The summed E-state index contributed by atoms with van der Waals surface area (Å²) in [5.41, 5.74) is 0.631. The Labute approximate surface area is 107 Å². The standard InChI is InChI=1S/C13H18ClFN2/c1-17(11-5-6-11)8-7-16-9-10-3-2-4-12(14)13(10)15/h2-4,11,16H,5-9H2,1H3. The fourth-order valence-electron chi connectivity index (χ4n) is 1.86. The van der Waals surface area contributed by atoms with Crippen molar-refractivity contribution >= 4 is 11.6 Å². The van der Waals surface area contributed by atoms with Crippen LogP contribution in [0.4, 0.5) is 4.39 Å². The van der Waals surface area contributed by atoms with Gasteiger partial charge in [-0.15, -0.1) is 0 Å². The predicted molar refractivity (Wildman–Crippen MR) is 68.8 cm³/mol. The van der Waals surface area contributed by atoms with Crippen LogP contribution < -0.4 is 5.32 Å². The predicted octanol–water partition coefficient (Wildman–Crippen LogP) is 2.66. The van der Waals surface area contributed by atoms with Crippen LogP contribution in [0, 0.1) is 5.82 Å². The third-order valence-corrected chi connectivity index (χ3v) is 3.45. The molecule has 17 heavy (non-hydrogen) atoms. The van der Waals surface area contributed by atoms with Gasteiger partial charge in [0.05, 0.1) is 5.02 Å². The highest BCUT2D eigenvalue weighted by atomic mass is 35.5. The van der Waals surface area contributed by atoms with Crippen LogP contribution in [0.5, 0.6) is 0 Å². The van der Waals surface area contributed by atoms with Crippen LogP contribution in [0.25, 0.3) is 0 Å². The molecule has 2 rings (SSSR count). The fraction of sp³-hybridized carbons (Fsp3) is 0.538. The van der Waals surface area contributed by atoms with Gasteiger partial charge in [0, 0.05) is 31.2 Å². The first-order valence-electron chi connectivity index (χ1n) is 6.02. The maximum Gasteiger partial charge on any atom is 0.146 e. The first kappa shape index (κ1) is 12.8. The largest absolute Gasteiger partial charge is 0.311 e. The zero-order valence-electron chi connectivity index (χ0n) is 10.0. The van der Waals surface area contributed by atoms with E-state index in [1.54, 1.807) is 18.2 Å². The molecule has 0 aliphatic heterocycles. The summed E-state index contributed by atoms with van der Waals surface area (Å²) in [7, 11) is 2.14. The summed E-state index contributed by atoms with van der Waals surface area (Å²) in [4.78, 5) is 2.35. The molecule has 1 aromatic carbocycles. The first-order chi connectivity index (χ1) is 8.18. The van der Waals surface area contributed by atoms with Gasteiger partial charge in [0.25, 0.3) is 0 Å². The smallest absolute Gasteiger partial charge is 0.146 e. The molecule has 1 aromatic rings. The van der Waals surface area contributed by atoms with Gasteiger partial charge in [-0.1, -0.05) is 23.7 Å². The third kappa shape index (κ3) is 3.66. The van der Waals surface area contributed by atoms with E-state index in [-0.39, 0.29) is 10.8 Å². The quantitative estimate of drug-likeness (QED) is 0.788. The number of likely N-dealkylation sites (N-methyl/N-ethyl adjacent to an activating group) is 1. The maximum atomic E-state index is 13.5. The van der Waals surface area contributed by atoms with Crippen molar-refractivity contribution in [2.45, 2.75) is 25.4 Å². The number of rotatable bonds is 6. The summed E-state index contributed by atoms with van der Waals surface area (Å²) in [6.07, 6.45) is 2.64. The molecule has 4 heteroatoms. The maximum absolute atomic E-state index is 13.5. The number of halogens is 2. The van der Waals surface area contributed by atoms with Gasteiger partial charge in [-0.25, -0.2) is 4.39 Å². The molecule has 1 saturated carbocycles. The minimum atomic E-state index is -0.308. The second-order valence-electron chi connectivity index (χ2n) is 4.60. The molecule has 0 aromatic heterocycles. The van der Waals surface area contributed by atoms with Crippen molar-refractivity contribution in [2.75, 3.05) is 20.1 Å². The van der Waals surface area contributed by atoms with E-state index in [4.69, 9.17) is 11.6 Å². The molecule has 0 heterocycles. The molecule has 0 unspecified atom stereocenters. The number of hydrogen-bond donors (Lipinski definition) is 1. The van der Waals surface area contributed by atoms with Crippen molar-refractivity contribution in [3.63, 3.8) is 0 Å². The van der Waals surface area contributed by atoms with E-state index in [2.05, 4.69) is 17.3 Å². The Hall–Kier alpha value is -0.640. The first-order valence-corrected chi connectivity index (χ1v) is 6.40. The Kier molecular flexibility index (Phi) is 4.37. The number of nitrogens with zero attached hydrogens (tertiary/aromatic N) is 1. The minimum Gasteiger partial charge on any atom is -0.311 e. The second kappa shape index (κ2) is 5.80. The van der Waals surface area contributed by atoms with Crippen LogP contribution in [0.1, 0.15) is 18.4 Å². The van der Waals surface area contributed by atoms with E-state index in [1.807, 2.05) is 0 Å². The van der Waals surface area contributed by atoms with Crippen LogP contribution in [0.15, 0.2) is 18.2 Å². The lowest BCUT2D eigenvalue weighted by atomic mass is 10.2. The van der Waals surface area contributed by atoms with Crippen molar-refractivity contribution in [1.29, 1.82) is 0 Å². The van der Waals surface area contributed by atoms with Gasteiger partial charge in [-0.2, -0.15) is 0 Å². The van der Waals surface area contributed by atoms with Gasteiger partial charge in [-0.3, -0.25) is 0 Å². The second-order valence-corrected chi connectivity index (χ2v) is 5.01. The summed E-state index contributed by atoms with van der Waals surface area (Å²) in [6, 6.07) is 5.89. The molecule has 1 fully saturated rings. The van der Waals surface area contributed by atoms with Crippen LogP contribution in [0.2, 0.25) is 5.02 Å². The van der Waals surface area contributed by atoms with Crippen molar-refractivity contribution in [2.24, 2.45) is 0 Å². The van der Waals surface area contributed by atoms with Crippen LogP contribution in [-0.4, -0.2) is 31.1 Å². The summed E-state index contributed by atoms with van der Waals surface area (Å²) < 4.78 is 13.5. The number of hydrogen-bond acceptors (Lipinski definition) is 2. The minimum absolute atomic E-state index is 0.194. The van der Waals surface area contributed by atoms with Crippen molar-refractivity contribution < 1.29 is 4.39 Å². The van der Waals surface area contributed by atoms with Gasteiger partial charge < -0.3 is 10.2 Å². The molecule has 1 aliphatic rings. The summed E-state index contributed by atoms with van der Waals surface area (Å²) in [5, 5.41) is 3.44. The van der Waals surface area contributed by atoms with E-state index >= 15 is 0 Å². The Balaban J connectivity index is 1.72. The molecule has 0 atom stereocenters. The lowest BCUT2D eigenvalue weighted by Gasteiger charge is -2.15. The lowest BCUT2D eigenvalue weighted by molar-refractivity contribution is 0.321. The molecule has 0 spiro atoms. The van der Waals surface area contributed by atoms with E-state index in [9.17, 15) is 4.39 Å². The van der Waals surface area contributed by atoms with Gasteiger partial charge in [0.1, 0.15) is 5.82 Å². The average molecular weight is 257 g/mol. The average Bonchev–Trinajstić information content (AvgIpc) is 3.13. The van der Waals surface area contributed by atoms with Crippen LogP contribution in [-0.2, 0) is 6.54 Å². The molecule has 0 amide bonds. The molecule has 1 aliphatic carbocycles. The lowest BCUT2D eigenvalue weighted by Crippen LogP contribution is -2.30. The molecule has 2 nitrogen and oxygen atoms in total. The number of nitrogens with one attached hydrogen (secondary N) is 1. The SMILES string of the molecule is CN(CCNCc1cccc(Cl)c1F)C1CC1. The Morgan fingerprint density at radius 1 is 1.47 bits per heavy atom. The highest BCUT2D eigenvalue weighted by Gasteiger charge is 2.25. The molecular weight excluding hydrogens is 239 g/mol. The van der Waals surface area contributed by atoms with Gasteiger partial charge >= 0.3 is 0 Å². The third-order valence-electron chi connectivity index (χ3n) is 3.16. The Bertz CT molecular complexity index is 380. The van der Waals surface area contributed by atoms with Crippen LogP contribution in [0.3, 0.4) is 0 Å². The monoisotopic (exact) mass is 256 g/mol. The fourth-order valence-corrected chi connectivity index (χ4v) is 2.06. The molecule has 0 radical (unpaired) electrons. The Morgan fingerprint density at radius 3 is 2.94 bits per heavy atom. The van der Waals surface area contributed by atoms with Crippen LogP contribution >= 0.6 is 11.6 Å². The van der Waals surface area contributed by atoms with Crippen molar-refractivity contribution in [3.8, 4) is 0 Å². The summed E-state index contributed by atoms with van der Waals surface area (Å²) >= 11 is 5.72. The van der Waals surface area contributed by atoms with E-state index in [0.29, 0.717) is 12.1 Å². The zero-order valence-corrected chi connectivity index (χ0v) is 10.8. The normalized spacial score (nSPS) is 15.5. The van der Waals surface area contributed by atoms with Gasteiger partial charge in [0.15, 0.2) is 0 Å². The topological polar surface area (TPSA) is 15.3 Å². The van der Waals surface area contributed by atoms with Crippen molar-refractivity contribution in [3.05, 3.63) is 34.6 Å². The molecule has 1 N–H and O–H groups in total. The molecule has 94 valence electrons.